The molecular weight excluding hydrogens is 275 g/mol. The number of benzene rings is 2. The highest BCUT2D eigenvalue weighted by atomic mass is 19.1. The van der Waals surface area contributed by atoms with Gasteiger partial charge in [-0.25, -0.2) is 4.39 Å². The number of carbonyl (C=O) groups is 1. The third-order valence-corrected chi connectivity index (χ3v) is 3.23. The maximum Gasteiger partial charge on any atom is 0.270 e. The van der Waals surface area contributed by atoms with Crippen LogP contribution >= 0.6 is 0 Å². The number of H-pyrrole nitrogens is 1. The molecule has 0 aliphatic carbocycles. The molecule has 2 aromatic carbocycles. The molecule has 5 nitrogen and oxygen atoms in total. The standard InChI is InChI=1S/C15H9FN2O3/c16-10-3-1-9(2-4-10)15(19)13-8-17-14-6-5-11(18(20)21)7-12(13)14/h1-8,17H. The van der Waals surface area contributed by atoms with Gasteiger partial charge in [-0.2, -0.15) is 0 Å². The molecule has 6 heteroatoms. The van der Waals surface area contributed by atoms with E-state index in [0.717, 1.165) is 0 Å². The van der Waals surface area contributed by atoms with Crippen molar-refractivity contribution in [2.24, 2.45) is 0 Å². The number of aromatic amines is 1. The van der Waals surface area contributed by atoms with E-state index in [1.807, 2.05) is 0 Å². The molecule has 1 aromatic heterocycles. The Morgan fingerprint density at radius 1 is 1.14 bits per heavy atom. The van der Waals surface area contributed by atoms with E-state index in [1.165, 1.54) is 42.6 Å². The predicted octanol–water partition coefficient (Wildman–Crippen LogP) is 3.45. The Balaban J connectivity index is 2.11. The van der Waals surface area contributed by atoms with Crippen molar-refractivity contribution in [1.29, 1.82) is 0 Å². The summed E-state index contributed by atoms with van der Waals surface area (Å²) in [4.78, 5) is 25.6. The minimum atomic E-state index is -0.515. The number of nitro groups is 1. The van der Waals surface area contributed by atoms with Gasteiger partial charge in [0.25, 0.3) is 5.69 Å². The summed E-state index contributed by atoms with van der Waals surface area (Å²) in [7, 11) is 0. The van der Waals surface area contributed by atoms with Crippen molar-refractivity contribution in [2.75, 3.05) is 0 Å². The van der Waals surface area contributed by atoms with E-state index in [1.54, 1.807) is 6.07 Å². The maximum absolute atomic E-state index is 12.9. The van der Waals surface area contributed by atoms with Gasteiger partial charge >= 0.3 is 0 Å². The van der Waals surface area contributed by atoms with Crippen LogP contribution in [-0.2, 0) is 0 Å². The van der Waals surface area contributed by atoms with E-state index >= 15 is 0 Å². The topological polar surface area (TPSA) is 76.0 Å². The molecule has 0 saturated heterocycles. The van der Waals surface area contributed by atoms with E-state index in [4.69, 9.17) is 0 Å². The molecule has 21 heavy (non-hydrogen) atoms. The first-order valence-corrected chi connectivity index (χ1v) is 6.12. The average Bonchev–Trinajstić information content (AvgIpc) is 2.90. The molecule has 0 saturated carbocycles. The highest BCUT2D eigenvalue weighted by Crippen LogP contribution is 2.25. The fraction of sp³-hybridized carbons (Fsp3) is 0. The van der Waals surface area contributed by atoms with Crippen molar-refractivity contribution < 1.29 is 14.1 Å². The van der Waals surface area contributed by atoms with Crippen molar-refractivity contribution in [2.45, 2.75) is 0 Å². The van der Waals surface area contributed by atoms with E-state index in [2.05, 4.69) is 4.98 Å². The molecule has 0 aliphatic rings. The molecule has 0 radical (unpaired) electrons. The zero-order valence-corrected chi connectivity index (χ0v) is 10.7. The number of hydrogen-bond acceptors (Lipinski definition) is 3. The highest BCUT2D eigenvalue weighted by molar-refractivity contribution is 6.16. The number of nitro benzene ring substituents is 1. The zero-order chi connectivity index (χ0) is 15.0. The number of aromatic nitrogens is 1. The minimum absolute atomic E-state index is 0.0877. The van der Waals surface area contributed by atoms with Gasteiger partial charge in [-0.15, -0.1) is 0 Å². The van der Waals surface area contributed by atoms with Crippen LogP contribution in [0.2, 0.25) is 0 Å². The SMILES string of the molecule is O=C(c1ccc(F)cc1)c1c[nH]c2ccc([N+](=O)[O-])cc12. The smallest absolute Gasteiger partial charge is 0.270 e. The predicted molar refractivity (Wildman–Crippen MR) is 74.8 cm³/mol. The summed E-state index contributed by atoms with van der Waals surface area (Å²) in [6.45, 7) is 0. The lowest BCUT2D eigenvalue weighted by Gasteiger charge is -2.00. The number of non-ortho nitro benzene ring substituents is 1. The molecule has 1 heterocycles. The average molecular weight is 284 g/mol. The van der Waals surface area contributed by atoms with E-state index < -0.39 is 10.7 Å². The normalized spacial score (nSPS) is 10.7. The number of rotatable bonds is 3. The lowest BCUT2D eigenvalue weighted by molar-refractivity contribution is -0.384. The van der Waals surface area contributed by atoms with Gasteiger partial charge in [-0.1, -0.05) is 0 Å². The zero-order valence-electron chi connectivity index (χ0n) is 10.7. The number of halogens is 1. The van der Waals surface area contributed by atoms with E-state index in [0.29, 0.717) is 22.0 Å². The molecule has 0 amide bonds. The molecule has 0 atom stereocenters. The molecule has 3 aromatic rings. The monoisotopic (exact) mass is 284 g/mol. The quantitative estimate of drug-likeness (QED) is 0.454. The van der Waals surface area contributed by atoms with Gasteiger partial charge in [0.05, 0.1) is 4.92 Å². The van der Waals surface area contributed by atoms with Gasteiger partial charge in [-0.3, -0.25) is 14.9 Å². The maximum atomic E-state index is 12.9. The van der Waals surface area contributed by atoms with Gasteiger partial charge in [0.15, 0.2) is 5.78 Å². The van der Waals surface area contributed by atoms with E-state index in [9.17, 15) is 19.3 Å². The molecule has 0 spiro atoms. The Labute approximate surface area is 118 Å². The second-order valence-corrected chi connectivity index (χ2v) is 4.53. The summed E-state index contributed by atoms with van der Waals surface area (Å²) in [6.07, 6.45) is 1.50. The highest BCUT2D eigenvalue weighted by Gasteiger charge is 2.16. The molecule has 0 bridgehead atoms. The third kappa shape index (κ3) is 2.27. The Kier molecular flexibility index (Phi) is 2.98. The van der Waals surface area contributed by atoms with Gasteiger partial charge in [0, 0.05) is 40.4 Å². The molecule has 0 aliphatic heterocycles. The van der Waals surface area contributed by atoms with Crippen LogP contribution in [0.15, 0.2) is 48.7 Å². The van der Waals surface area contributed by atoms with Crippen LogP contribution in [0.3, 0.4) is 0 Å². The fourth-order valence-corrected chi connectivity index (χ4v) is 2.17. The van der Waals surface area contributed by atoms with Crippen molar-refractivity contribution in [3.8, 4) is 0 Å². The summed E-state index contributed by atoms with van der Waals surface area (Å²) in [5.41, 5.74) is 1.19. The molecule has 104 valence electrons. The number of hydrogen-bond donors (Lipinski definition) is 1. The van der Waals surface area contributed by atoms with Crippen LogP contribution in [0.25, 0.3) is 10.9 Å². The lowest BCUT2D eigenvalue weighted by atomic mass is 10.0. The molecular formula is C15H9FN2O3. The molecule has 3 rings (SSSR count). The summed E-state index contributed by atoms with van der Waals surface area (Å²) < 4.78 is 12.9. The number of fused-ring (bicyclic) bond motifs is 1. The minimum Gasteiger partial charge on any atom is -0.360 e. The van der Waals surface area contributed by atoms with Crippen LogP contribution in [-0.4, -0.2) is 15.7 Å². The number of carbonyl (C=O) groups excluding carboxylic acids is 1. The number of nitrogens with zero attached hydrogens (tertiary/aromatic N) is 1. The third-order valence-electron chi connectivity index (χ3n) is 3.23. The van der Waals surface area contributed by atoms with Crippen LogP contribution in [0.4, 0.5) is 10.1 Å². The van der Waals surface area contributed by atoms with Crippen molar-refractivity contribution in [3.63, 3.8) is 0 Å². The Hall–Kier alpha value is -3.02. The van der Waals surface area contributed by atoms with Crippen LogP contribution < -0.4 is 0 Å². The summed E-state index contributed by atoms with van der Waals surface area (Å²) >= 11 is 0. The first kappa shape index (κ1) is 13.0. The number of nitrogens with one attached hydrogen (secondary N) is 1. The Morgan fingerprint density at radius 2 is 1.86 bits per heavy atom. The van der Waals surface area contributed by atoms with Crippen molar-refractivity contribution in [1.82, 2.24) is 4.98 Å². The summed E-state index contributed by atoms with van der Waals surface area (Å²) in [5, 5.41) is 11.3. The van der Waals surface area contributed by atoms with Gasteiger partial charge in [0.2, 0.25) is 0 Å². The van der Waals surface area contributed by atoms with Crippen LogP contribution in [0.5, 0.6) is 0 Å². The van der Waals surface area contributed by atoms with Crippen molar-refractivity contribution in [3.05, 3.63) is 75.7 Å². The summed E-state index contributed by atoms with van der Waals surface area (Å²) in [6, 6.07) is 9.43. The fourth-order valence-electron chi connectivity index (χ4n) is 2.17. The first-order valence-electron chi connectivity index (χ1n) is 6.12. The van der Waals surface area contributed by atoms with E-state index in [-0.39, 0.29) is 11.5 Å². The van der Waals surface area contributed by atoms with Crippen LogP contribution in [0.1, 0.15) is 15.9 Å². The molecule has 1 N–H and O–H groups in total. The molecule has 0 fully saturated rings. The van der Waals surface area contributed by atoms with Gasteiger partial charge < -0.3 is 4.98 Å². The summed E-state index contributed by atoms with van der Waals surface area (Å²) in [5.74, 6) is -0.747. The second-order valence-electron chi connectivity index (χ2n) is 4.53. The largest absolute Gasteiger partial charge is 0.360 e. The van der Waals surface area contributed by atoms with Crippen LogP contribution in [0, 0.1) is 15.9 Å². The lowest BCUT2D eigenvalue weighted by Crippen LogP contribution is -2.00. The van der Waals surface area contributed by atoms with Gasteiger partial charge in [0.1, 0.15) is 5.82 Å². The van der Waals surface area contributed by atoms with Gasteiger partial charge in [-0.05, 0) is 30.3 Å². The Morgan fingerprint density at radius 3 is 2.52 bits per heavy atom. The Bertz CT molecular complexity index is 853. The second kappa shape index (κ2) is 4.82. The molecule has 0 unspecified atom stereocenters. The van der Waals surface area contributed by atoms with Crippen molar-refractivity contribution >= 4 is 22.4 Å². The number of ketones is 1. The first-order chi connectivity index (χ1) is 10.1.